The molecule has 1 N–H and O–H groups in total. The maximum atomic E-state index is 13.5. The lowest BCUT2D eigenvalue weighted by molar-refractivity contribution is -0.917. The summed E-state index contributed by atoms with van der Waals surface area (Å²) in [6, 6.07) is 13.7. The third-order valence-corrected chi connectivity index (χ3v) is 6.39. The van der Waals surface area contributed by atoms with Crippen molar-refractivity contribution in [3.05, 3.63) is 59.9 Å². The van der Waals surface area contributed by atoms with Crippen LogP contribution in [0.5, 0.6) is 5.75 Å². The Morgan fingerprint density at radius 1 is 1.12 bits per heavy atom. The van der Waals surface area contributed by atoms with Gasteiger partial charge < -0.3 is 9.64 Å². The van der Waals surface area contributed by atoms with Crippen molar-refractivity contribution in [2.75, 3.05) is 33.3 Å². The van der Waals surface area contributed by atoms with Crippen LogP contribution in [-0.2, 0) is 16.6 Å². The Hall–Kier alpha value is -1.96. The first-order chi connectivity index (χ1) is 12.0. The lowest BCUT2D eigenvalue weighted by Crippen LogP contribution is -3.13. The van der Waals surface area contributed by atoms with Gasteiger partial charge >= 0.3 is 0 Å². The number of hydrogen-bond acceptors (Lipinski definition) is 3. The molecule has 1 aliphatic heterocycles. The Morgan fingerprint density at radius 2 is 1.80 bits per heavy atom. The van der Waals surface area contributed by atoms with Crippen LogP contribution in [0.2, 0.25) is 0 Å². The fourth-order valence-electron chi connectivity index (χ4n) is 3.10. The Morgan fingerprint density at radius 3 is 2.44 bits per heavy atom. The maximum Gasteiger partial charge on any atom is 0.247 e. The van der Waals surface area contributed by atoms with Crippen LogP contribution in [0, 0.1) is 5.82 Å². The van der Waals surface area contributed by atoms with E-state index in [0.29, 0.717) is 26.2 Å². The molecule has 2 aromatic carbocycles. The number of rotatable bonds is 5. The van der Waals surface area contributed by atoms with Crippen LogP contribution in [-0.4, -0.2) is 46.0 Å². The Labute approximate surface area is 147 Å². The molecule has 0 aliphatic carbocycles. The average Bonchev–Trinajstić information content (AvgIpc) is 2.63. The van der Waals surface area contributed by atoms with Crippen molar-refractivity contribution in [1.82, 2.24) is 4.31 Å². The van der Waals surface area contributed by atoms with Crippen LogP contribution >= 0.6 is 0 Å². The van der Waals surface area contributed by atoms with Gasteiger partial charge in [0, 0.05) is 5.56 Å². The van der Waals surface area contributed by atoms with Crippen LogP contribution < -0.4 is 9.64 Å². The number of benzene rings is 2. The fraction of sp³-hybridized carbons (Fsp3) is 0.333. The number of halogens is 1. The molecule has 1 fully saturated rings. The van der Waals surface area contributed by atoms with Crippen LogP contribution in [0.1, 0.15) is 5.56 Å². The number of quaternary nitrogens is 1. The topological polar surface area (TPSA) is 51.1 Å². The third kappa shape index (κ3) is 4.00. The molecule has 1 heterocycles. The number of hydrogen-bond donors (Lipinski definition) is 1. The second-order valence-electron chi connectivity index (χ2n) is 6.11. The molecule has 0 spiro atoms. The van der Waals surface area contributed by atoms with Gasteiger partial charge in [-0.25, -0.2) is 12.8 Å². The minimum absolute atomic E-state index is 0.110. The summed E-state index contributed by atoms with van der Waals surface area (Å²) in [6.07, 6.45) is 0. The molecule has 0 aromatic heterocycles. The van der Waals surface area contributed by atoms with E-state index in [1.807, 2.05) is 18.2 Å². The van der Waals surface area contributed by atoms with Crippen molar-refractivity contribution >= 4 is 10.0 Å². The Kier molecular flexibility index (Phi) is 5.36. The van der Waals surface area contributed by atoms with Crippen molar-refractivity contribution in [2.24, 2.45) is 0 Å². The number of nitrogens with zero attached hydrogens (tertiary/aromatic N) is 1. The molecule has 25 heavy (non-hydrogen) atoms. The van der Waals surface area contributed by atoms with Crippen LogP contribution in [0.3, 0.4) is 0 Å². The van der Waals surface area contributed by atoms with Crippen molar-refractivity contribution in [3.63, 3.8) is 0 Å². The average molecular weight is 365 g/mol. The summed E-state index contributed by atoms with van der Waals surface area (Å²) in [5, 5.41) is 0. The van der Waals surface area contributed by atoms with Gasteiger partial charge in [0.25, 0.3) is 0 Å². The first-order valence-electron chi connectivity index (χ1n) is 8.22. The van der Waals surface area contributed by atoms with E-state index in [-0.39, 0.29) is 10.6 Å². The minimum atomic E-state index is -3.77. The summed E-state index contributed by atoms with van der Waals surface area (Å²) in [5.74, 6) is -0.423. The molecule has 3 rings (SSSR count). The van der Waals surface area contributed by atoms with Crippen LogP contribution in [0.15, 0.2) is 53.4 Å². The predicted octanol–water partition coefficient (Wildman–Crippen LogP) is 0.924. The SMILES string of the molecule is COc1ccc(F)cc1S(=O)(=O)N1CC[NH+](Cc2ccccc2)CC1. The van der Waals surface area contributed by atoms with Crippen molar-refractivity contribution in [1.29, 1.82) is 0 Å². The van der Waals surface area contributed by atoms with E-state index in [1.54, 1.807) is 0 Å². The summed E-state index contributed by atoms with van der Waals surface area (Å²) in [4.78, 5) is 1.23. The normalized spacial score (nSPS) is 16.7. The number of nitrogens with one attached hydrogen (secondary N) is 1. The largest absolute Gasteiger partial charge is 0.495 e. The molecule has 1 saturated heterocycles. The van der Waals surface area contributed by atoms with Crippen LogP contribution in [0.4, 0.5) is 4.39 Å². The van der Waals surface area contributed by atoms with Gasteiger partial charge in [-0.05, 0) is 18.2 Å². The molecule has 5 nitrogen and oxygen atoms in total. The zero-order chi connectivity index (χ0) is 17.9. The molecule has 134 valence electrons. The van der Waals surface area contributed by atoms with Crippen LogP contribution in [0.25, 0.3) is 0 Å². The second-order valence-corrected chi connectivity index (χ2v) is 8.02. The van der Waals surface area contributed by atoms with E-state index < -0.39 is 15.8 Å². The van der Waals surface area contributed by atoms with Gasteiger partial charge in [0.15, 0.2) is 0 Å². The van der Waals surface area contributed by atoms with Crippen molar-refractivity contribution < 1.29 is 22.4 Å². The number of ether oxygens (including phenoxy) is 1. The Balaban J connectivity index is 1.71. The molecule has 7 heteroatoms. The molecular weight excluding hydrogens is 343 g/mol. The monoisotopic (exact) mass is 365 g/mol. The van der Waals surface area contributed by atoms with Gasteiger partial charge in [0.05, 0.1) is 33.3 Å². The van der Waals surface area contributed by atoms with Gasteiger partial charge in [-0.3, -0.25) is 0 Å². The van der Waals surface area contributed by atoms with E-state index in [1.165, 1.54) is 34.0 Å². The zero-order valence-corrected chi connectivity index (χ0v) is 14.9. The molecule has 0 bridgehead atoms. The Bertz CT molecular complexity index is 819. The third-order valence-electron chi connectivity index (χ3n) is 4.47. The highest BCUT2D eigenvalue weighted by Crippen LogP contribution is 2.27. The molecule has 0 saturated carbocycles. The lowest BCUT2D eigenvalue weighted by atomic mass is 10.2. The molecule has 1 aliphatic rings. The molecule has 0 unspecified atom stereocenters. The molecule has 0 atom stereocenters. The van der Waals surface area contributed by atoms with E-state index in [4.69, 9.17) is 4.74 Å². The van der Waals surface area contributed by atoms with Gasteiger partial charge in [-0.2, -0.15) is 4.31 Å². The van der Waals surface area contributed by atoms with Crippen molar-refractivity contribution in [2.45, 2.75) is 11.4 Å². The summed E-state index contributed by atoms with van der Waals surface area (Å²) in [5.41, 5.74) is 1.24. The summed E-state index contributed by atoms with van der Waals surface area (Å²) in [6.45, 7) is 3.11. The molecular formula is C18H22FN2O3S+. The maximum absolute atomic E-state index is 13.5. The van der Waals surface area contributed by atoms with E-state index in [2.05, 4.69) is 12.1 Å². The minimum Gasteiger partial charge on any atom is -0.495 e. The predicted molar refractivity (Wildman–Crippen MR) is 92.6 cm³/mol. The van der Waals surface area contributed by atoms with Gasteiger partial charge in [-0.15, -0.1) is 0 Å². The van der Waals surface area contributed by atoms with E-state index >= 15 is 0 Å². The standard InChI is InChI=1S/C18H21FN2O3S/c1-24-17-8-7-16(19)13-18(17)25(22,23)21-11-9-20(10-12-21)14-15-5-3-2-4-6-15/h2-8,13H,9-12,14H2,1H3/p+1. The fourth-order valence-corrected chi connectivity index (χ4v) is 4.70. The highest BCUT2D eigenvalue weighted by molar-refractivity contribution is 7.89. The van der Waals surface area contributed by atoms with E-state index in [0.717, 1.165) is 12.6 Å². The molecule has 0 radical (unpaired) electrons. The van der Waals surface area contributed by atoms with Gasteiger partial charge in [0.2, 0.25) is 10.0 Å². The zero-order valence-electron chi connectivity index (χ0n) is 14.1. The van der Waals surface area contributed by atoms with E-state index in [9.17, 15) is 12.8 Å². The number of methoxy groups -OCH3 is 1. The summed E-state index contributed by atoms with van der Waals surface area (Å²) in [7, 11) is -2.39. The smallest absolute Gasteiger partial charge is 0.247 e. The van der Waals surface area contributed by atoms with Gasteiger partial charge in [-0.1, -0.05) is 30.3 Å². The van der Waals surface area contributed by atoms with Crippen molar-refractivity contribution in [3.8, 4) is 5.75 Å². The first-order valence-corrected chi connectivity index (χ1v) is 9.66. The number of sulfonamides is 1. The first kappa shape index (κ1) is 17.8. The highest BCUT2D eigenvalue weighted by Gasteiger charge is 2.32. The van der Waals surface area contributed by atoms with Gasteiger partial charge in [0.1, 0.15) is 23.0 Å². The summed E-state index contributed by atoms with van der Waals surface area (Å²) >= 11 is 0. The lowest BCUT2D eigenvalue weighted by Gasteiger charge is -2.31. The highest BCUT2D eigenvalue weighted by atomic mass is 32.2. The number of piperazine rings is 1. The quantitative estimate of drug-likeness (QED) is 0.858. The molecule has 0 amide bonds. The molecule has 2 aromatic rings. The second kappa shape index (κ2) is 7.51. The summed E-state index contributed by atoms with van der Waals surface area (Å²) < 4.78 is 45.8.